The lowest BCUT2D eigenvalue weighted by atomic mass is 10.3. The molecule has 0 aliphatic heterocycles. The van der Waals surface area contributed by atoms with Gasteiger partial charge in [0.25, 0.3) is 0 Å². The Morgan fingerprint density at radius 1 is 1.00 bits per heavy atom. The first-order valence-electron chi connectivity index (χ1n) is 8.19. The number of anilines is 1. The summed E-state index contributed by atoms with van der Waals surface area (Å²) in [6.07, 6.45) is 0.674. The first-order valence-corrected chi connectivity index (χ1v) is 9.01. The Hall–Kier alpha value is -2.31. The SMILES string of the molecule is CCOCCCNC(=O)C(=O)Nc1ccccc1Sc1ccccc1. The third-order valence-electron chi connectivity index (χ3n) is 3.27. The molecule has 0 aliphatic rings. The Bertz CT molecular complexity index is 692. The van der Waals surface area contributed by atoms with Gasteiger partial charge in [-0.1, -0.05) is 42.1 Å². The van der Waals surface area contributed by atoms with Crippen LogP contribution in [0.5, 0.6) is 0 Å². The summed E-state index contributed by atoms with van der Waals surface area (Å²) in [5.74, 6) is -1.31. The fraction of sp³-hybridized carbons (Fsp3) is 0.263. The highest BCUT2D eigenvalue weighted by Gasteiger charge is 2.15. The van der Waals surface area contributed by atoms with E-state index in [2.05, 4.69) is 10.6 Å². The predicted molar refractivity (Wildman–Crippen MR) is 99.8 cm³/mol. The van der Waals surface area contributed by atoms with Crippen LogP contribution >= 0.6 is 11.8 Å². The van der Waals surface area contributed by atoms with Crippen LogP contribution < -0.4 is 10.6 Å². The number of hydrogen-bond donors (Lipinski definition) is 2. The van der Waals surface area contributed by atoms with E-state index < -0.39 is 11.8 Å². The fourth-order valence-electron chi connectivity index (χ4n) is 2.05. The van der Waals surface area contributed by atoms with Gasteiger partial charge in [-0.05, 0) is 37.6 Å². The van der Waals surface area contributed by atoms with E-state index in [0.29, 0.717) is 31.9 Å². The average Bonchev–Trinajstić information content (AvgIpc) is 2.64. The van der Waals surface area contributed by atoms with Gasteiger partial charge in [0.2, 0.25) is 0 Å². The second-order valence-corrected chi connectivity index (χ2v) is 6.29. The van der Waals surface area contributed by atoms with Gasteiger partial charge in [0.1, 0.15) is 0 Å². The van der Waals surface area contributed by atoms with Crippen molar-refractivity contribution in [3.05, 3.63) is 54.6 Å². The zero-order chi connectivity index (χ0) is 17.9. The highest BCUT2D eigenvalue weighted by atomic mass is 32.2. The molecule has 0 spiro atoms. The quantitative estimate of drug-likeness (QED) is 0.561. The summed E-state index contributed by atoms with van der Waals surface area (Å²) in [4.78, 5) is 25.9. The molecule has 0 aliphatic carbocycles. The van der Waals surface area contributed by atoms with Crippen LogP contribution in [0.3, 0.4) is 0 Å². The van der Waals surface area contributed by atoms with Gasteiger partial charge >= 0.3 is 11.8 Å². The van der Waals surface area contributed by atoms with E-state index >= 15 is 0 Å². The van der Waals surface area contributed by atoms with E-state index in [1.54, 1.807) is 6.07 Å². The normalized spacial score (nSPS) is 10.3. The largest absolute Gasteiger partial charge is 0.382 e. The summed E-state index contributed by atoms with van der Waals surface area (Å²) in [6.45, 7) is 3.53. The lowest BCUT2D eigenvalue weighted by Gasteiger charge is -2.11. The smallest absolute Gasteiger partial charge is 0.313 e. The molecule has 25 heavy (non-hydrogen) atoms. The number of carbonyl (C=O) groups is 2. The van der Waals surface area contributed by atoms with E-state index in [-0.39, 0.29) is 0 Å². The van der Waals surface area contributed by atoms with Gasteiger partial charge < -0.3 is 15.4 Å². The molecule has 2 amide bonds. The number of benzene rings is 2. The molecule has 0 saturated heterocycles. The maximum absolute atomic E-state index is 12.1. The molecule has 2 rings (SSSR count). The predicted octanol–water partition coefficient (Wildman–Crippen LogP) is 3.32. The summed E-state index contributed by atoms with van der Waals surface area (Å²) in [6, 6.07) is 17.3. The van der Waals surface area contributed by atoms with Crippen molar-refractivity contribution in [2.24, 2.45) is 0 Å². The molecular weight excluding hydrogens is 336 g/mol. The number of para-hydroxylation sites is 1. The maximum Gasteiger partial charge on any atom is 0.313 e. The van der Waals surface area contributed by atoms with Crippen LogP contribution in [0.4, 0.5) is 5.69 Å². The lowest BCUT2D eigenvalue weighted by Crippen LogP contribution is -2.36. The van der Waals surface area contributed by atoms with E-state index in [1.165, 1.54) is 11.8 Å². The standard InChI is InChI=1S/C19H22N2O3S/c1-2-24-14-8-13-20-18(22)19(23)21-16-11-6-7-12-17(16)25-15-9-4-3-5-10-15/h3-7,9-12H,2,8,13-14H2,1H3,(H,20,22)(H,21,23). The summed E-state index contributed by atoms with van der Waals surface area (Å²) in [7, 11) is 0. The molecule has 2 aromatic rings. The van der Waals surface area contributed by atoms with Crippen molar-refractivity contribution in [1.29, 1.82) is 0 Å². The van der Waals surface area contributed by atoms with Gasteiger partial charge in [-0.2, -0.15) is 0 Å². The zero-order valence-corrected chi connectivity index (χ0v) is 15.0. The third-order valence-corrected chi connectivity index (χ3v) is 4.35. The van der Waals surface area contributed by atoms with Crippen LogP contribution in [0.25, 0.3) is 0 Å². The molecule has 2 aromatic carbocycles. The maximum atomic E-state index is 12.1. The molecule has 0 bridgehead atoms. The Morgan fingerprint density at radius 3 is 2.48 bits per heavy atom. The average molecular weight is 358 g/mol. The highest BCUT2D eigenvalue weighted by molar-refractivity contribution is 7.99. The van der Waals surface area contributed by atoms with Crippen LogP contribution in [0.15, 0.2) is 64.4 Å². The van der Waals surface area contributed by atoms with E-state index in [0.717, 1.165) is 9.79 Å². The fourth-order valence-corrected chi connectivity index (χ4v) is 2.98. The molecule has 2 N–H and O–H groups in total. The van der Waals surface area contributed by atoms with Crippen molar-refractivity contribution in [2.45, 2.75) is 23.1 Å². The molecule has 5 nitrogen and oxygen atoms in total. The van der Waals surface area contributed by atoms with Crippen molar-refractivity contribution in [2.75, 3.05) is 25.1 Å². The van der Waals surface area contributed by atoms with Gasteiger partial charge in [-0.15, -0.1) is 0 Å². The van der Waals surface area contributed by atoms with Crippen molar-refractivity contribution in [3.8, 4) is 0 Å². The van der Waals surface area contributed by atoms with Gasteiger partial charge in [0.15, 0.2) is 0 Å². The number of hydrogen-bond acceptors (Lipinski definition) is 4. The van der Waals surface area contributed by atoms with Crippen LogP contribution in [-0.2, 0) is 14.3 Å². The van der Waals surface area contributed by atoms with Crippen molar-refractivity contribution in [3.63, 3.8) is 0 Å². The number of ether oxygens (including phenoxy) is 1. The second-order valence-electron chi connectivity index (χ2n) is 5.17. The number of carbonyl (C=O) groups excluding carboxylic acids is 2. The monoisotopic (exact) mass is 358 g/mol. The molecule has 0 fully saturated rings. The third kappa shape index (κ3) is 6.60. The Labute approximate surface area is 152 Å². The Kier molecular flexibility index (Phi) is 8.01. The number of rotatable bonds is 8. The van der Waals surface area contributed by atoms with E-state index in [9.17, 15) is 9.59 Å². The van der Waals surface area contributed by atoms with E-state index in [1.807, 2.05) is 55.5 Å². The van der Waals surface area contributed by atoms with Crippen molar-refractivity contribution >= 4 is 29.3 Å². The minimum absolute atomic E-state index is 0.409. The van der Waals surface area contributed by atoms with Gasteiger partial charge in [0.05, 0.1) is 5.69 Å². The molecule has 0 atom stereocenters. The lowest BCUT2D eigenvalue weighted by molar-refractivity contribution is -0.136. The van der Waals surface area contributed by atoms with Crippen molar-refractivity contribution in [1.82, 2.24) is 5.32 Å². The summed E-state index contributed by atoms with van der Waals surface area (Å²) in [5.41, 5.74) is 0.616. The van der Waals surface area contributed by atoms with Crippen LogP contribution in [-0.4, -0.2) is 31.6 Å². The first-order chi connectivity index (χ1) is 12.2. The molecule has 6 heteroatoms. The molecule has 0 aromatic heterocycles. The molecule has 132 valence electrons. The second kappa shape index (κ2) is 10.5. The molecule has 0 heterocycles. The number of nitrogens with one attached hydrogen (secondary N) is 2. The van der Waals surface area contributed by atoms with Gasteiger partial charge in [0, 0.05) is 29.5 Å². The minimum Gasteiger partial charge on any atom is -0.382 e. The zero-order valence-electron chi connectivity index (χ0n) is 14.2. The summed E-state index contributed by atoms with van der Waals surface area (Å²) >= 11 is 1.53. The van der Waals surface area contributed by atoms with Crippen LogP contribution in [0.2, 0.25) is 0 Å². The minimum atomic E-state index is -0.669. The molecule has 0 unspecified atom stereocenters. The summed E-state index contributed by atoms with van der Waals surface area (Å²) in [5, 5.41) is 5.27. The topological polar surface area (TPSA) is 67.4 Å². The highest BCUT2D eigenvalue weighted by Crippen LogP contribution is 2.33. The number of amides is 2. The van der Waals surface area contributed by atoms with E-state index in [4.69, 9.17) is 4.74 Å². The van der Waals surface area contributed by atoms with Gasteiger partial charge in [-0.25, -0.2) is 0 Å². The molecule has 0 radical (unpaired) electrons. The van der Waals surface area contributed by atoms with Crippen molar-refractivity contribution < 1.29 is 14.3 Å². The van der Waals surface area contributed by atoms with Crippen LogP contribution in [0, 0.1) is 0 Å². The molecular formula is C19H22N2O3S. The summed E-state index contributed by atoms with van der Waals surface area (Å²) < 4.78 is 5.19. The van der Waals surface area contributed by atoms with Gasteiger partial charge in [-0.3, -0.25) is 9.59 Å². The molecule has 0 saturated carbocycles. The first kappa shape index (κ1) is 19.0. The Balaban J connectivity index is 1.91. The van der Waals surface area contributed by atoms with Crippen LogP contribution in [0.1, 0.15) is 13.3 Å². The Morgan fingerprint density at radius 2 is 1.72 bits per heavy atom.